The molecule has 0 radical (unpaired) electrons. The number of aryl methyl sites for hydroxylation is 1. The Hall–Kier alpha value is -2.07. The van der Waals surface area contributed by atoms with E-state index in [0.717, 1.165) is 28.0 Å². The first-order chi connectivity index (χ1) is 9.22. The highest BCUT2D eigenvalue weighted by molar-refractivity contribution is 6.31. The summed E-state index contributed by atoms with van der Waals surface area (Å²) in [6.07, 6.45) is 1.76. The van der Waals surface area contributed by atoms with Crippen LogP contribution in [0.3, 0.4) is 0 Å². The van der Waals surface area contributed by atoms with Gasteiger partial charge in [0.05, 0.1) is 12.1 Å². The number of aromatic nitrogens is 2. The lowest BCUT2D eigenvalue weighted by Crippen LogP contribution is -2.00. The number of hydrogen-bond donors (Lipinski definition) is 1. The summed E-state index contributed by atoms with van der Waals surface area (Å²) in [5.74, 6) is 0.808. The molecular formula is C14H12ClN3O. The zero-order valence-electron chi connectivity index (χ0n) is 10.4. The number of nitrogens with zero attached hydrogens (tertiary/aromatic N) is 2. The monoisotopic (exact) mass is 273 g/mol. The van der Waals surface area contributed by atoms with Crippen molar-refractivity contribution in [2.45, 2.75) is 13.5 Å². The van der Waals surface area contributed by atoms with E-state index in [1.54, 1.807) is 6.20 Å². The molecule has 3 aromatic rings. The molecule has 0 aliphatic heterocycles. The first-order valence-electron chi connectivity index (χ1n) is 5.93. The van der Waals surface area contributed by atoms with E-state index in [0.29, 0.717) is 11.6 Å². The van der Waals surface area contributed by atoms with Crippen molar-refractivity contribution < 1.29 is 4.52 Å². The Kier molecular flexibility index (Phi) is 3.09. The minimum absolute atomic E-state index is 0.610. The highest BCUT2D eigenvalue weighted by Crippen LogP contribution is 2.24. The second kappa shape index (κ2) is 4.90. The highest BCUT2D eigenvalue weighted by atomic mass is 35.5. The lowest BCUT2D eigenvalue weighted by molar-refractivity contribution is 0.391. The van der Waals surface area contributed by atoms with Crippen LogP contribution < -0.4 is 5.32 Å². The second-order valence-electron chi connectivity index (χ2n) is 4.30. The van der Waals surface area contributed by atoms with Crippen molar-refractivity contribution in [2.24, 2.45) is 0 Å². The van der Waals surface area contributed by atoms with E-state index in [-0.39, 0.29) is 0 Å². The molecule has 2 heterocycles. The van der Waals surface area contributed by atoms with Crippen molar-refractivity contribution in [3.63, 3.8) is 0 Å². The van der Waals surface area contributed by atoms with E-state index in [4.69, 9.17) is 16.1 Å². The van der Waals surface area contributed by atoms with Crippen molar-refractivity contribution in [1.82, 2.24) is 10.1 Å². The van der Waals surface area contributed by atoms with Crippen molar-refractivity contribution in [3.8, 4) is 0 Å². The first-order valence-corrected chi connectivity index (χ1v) is 6.30. The fourth-order valence-electron chi connectivity index (χ4n) is 1.96. The molecule has 96 valence electrons. The van der Waals surface area contributed by atoms with E-state index in [1.807, 2.05) is 37.3 Å². The fraction of sp³-hybridized carbons (Fsp3) is 0.143. The number of rotatable bonds is 3. The minimum atomic E-state index is 0.610. The van der Waals surface area contributed by atoms with Crippen LogP contribution in [-0.2, 0) is 6.54 Å². The summed E-state index contributed by atoms with van der Waals surface area (Å²) < 4.78 is 5.04. The van der Waals surface area contributed by atoms with Crippen LogP contribution in [0.5, 0.6) is 0 Å². The maximum Gasteiger partial charge on any atom is 0.133 e. The molecule has 4 nitrogen and oxygen atoms in total. The predicted molar refractivity (Wildman–Crippen MR) is 75.3 cm³/mol. The van der Waals surface area contributed by atoms with Gasteiger partial charge in [0, 0.05) is 28.4 Å². The molecule has 5 heteroatoms. The molecule has 0 spiro atoms. The Bertz CT molecular complexity index is 724. The van der Waals surface area contributed by atoms with Crippen LogP contribution in [0.15, 0.2) is 41.1 Å². The molecule has 3 rings (SSSR count). The van der Waals surface area contributed by atoms with Crippen LogP contribution in [0.25, 0.3) is 10.9 Å². The van der Waals surface area contributed by atoms with Gasteiger partial charge >= 0.3 is 0 Å². The number of fused-ring (bicyclic) bond motifs is 1. The Morgan fingerprint density at radius 1 is 1.26 bits per heavy atom. The topological polar surface area (TPSA) is 51.0 Å². The van der Waals surface area contributed by atoms with E-state index in [9.17, 15) is 0 Å². The van der Waals surface area contributed by atoms with Gasteiger partial charge in [0.25, 0.3) is 0 Å². The zero-order valence-corrected chi connectivity index (χ0v) is 11.1. The maximum atomic E-state index is 5.96. The van der Waals surface area contributed by atoms with Gasteiger partial charge in [-0.05, 0) is 31.2 Å². The summed E-state index contributed by atoms with van der Waals surface area (Å²) in [7, 11) is 0. The maximum absolute atomic E-state index is 5.96. The summed E-state index contributed by atoms with van der Waals surface area (Å²) in [4.78, 5) is 4.30. The molecule has 2 aromatic heterocycles. The molecule has 0 atom stereocenters. The number of pyridine rings is 1. The quantitative estimate of drug-likeness (QED) is 0.789. The number of hydrogen-bond acceptors (Lipinski definition) is 4. The molecule has 1 aromatic carbocycles. The molecule has 0 saturated carbocycles. The molecule has 0 aliphatic carbocycles. The molecule has 0 bridgehead atoms. The number of halogens is 1. The predicted octanol–water partition coefficient (Wildman–Crippen LogP) is 3.80. The lowest BCUT2D eigenvalue weighted by atomic mass is 10.2. The van der Waals surface area contributed by atoms with Gasteiger partial charge in [-0.2, -0.15) is 0 Å². The lowest BCUT2D eigenvalue weighted by Gasteiger charge is -2.07. The van der Waals surface area contributed by atoms with Gasteiger partial charge in [0.2, 0.25) is 0 Å². The molecule has 1 N–H and O–H groups in total. The summed E-state index contributed by atoms with van der Waals surface area (Å²) >= 11 is 5.96. The van der Waals surface area contributed by atoms with Crippen molar-refractivity contribution in [2.75, 3.05) is 5.32 Å². The van der Waals surface area contributed by atoms with E-state index in [2.05, 4.69) is 15.5 Å². The molecule has 0 saturated heterocycles. The second-order valence-corrected chi connectivity index (χ2v) is 4.74. The Balaban J connectivity index is 1.88. The summed E-state index contributed by atoms with van der Waals surface area (Å²) in [5.41, 5.74) is 2.74. The number of anilines is 1. The number of benzene rings is 1. The third kappa shape index (κ3) is 2.53. The smallest absolute Gasteiger partial charge is 0.133 e. The Labute approximate surface area is 115 Å². The summed E-state index contributed by atoms with van der Waals surface area (Å²) in [6.45, 7) is 2.49. The molecule has 0 aliphatic rings. The largest absolute Gasteiger partial charge is 0.379 e. The van der Waals surface area contributed by atoms with Gasteiger partial charge in [0.1, 0.15) is 11.5 Å². The Morgan fingerprint density at radius 2 is 2.16 bits per heavy atom. The van der Waals surface area contributed by atoms with Crippen LogP contribution in [-0.4, -0.2) is 10.1 Å². The van der Waals surface area contributed by atoms with E-state index < -0.39 is 0 Å². The SMILES string of the molecule is Cc1cc(CNc2ccnc3cc(Cl)ccc23)no1. The molecule has 0 amide bonds. The first kappa shape index (κ1) is 12.0. The summed E-state index contributed by atoms with van der Waals surface area (Å²) in [6, 6.07) is 9.51. The van der Waals surface area contributed by atoms with Crippen molar-refractivity contribution in [1.29, 1.82) is 0 Å². The van der Waals surface area contributed by atoms with Crippen LogP contribution in [0, 0.1) is 6.92 Å². The summed E-state index contributed by atoms with van der Waals surface area (Å²) in [5, 5.41) is 9.00. The van der Waals surface area contributed by atoms with E-state index >= 15 is 0 Å². The standard InChI is InChI=1S/C14H12ClN3O/c1-9-6-11(18-19-9)8-17-13-4-5-16-14-7-10(15)2-3-12(13)14/h2-7H,8H2,1H3,(H,16,17). The highest BCUT2D eigenvalue weighted by Gasteiger charge is 2.04. The third-order valence-corrected chi connectivity index (χ3v) is 3.08. The average molecular weight is 274 g/mol. The van der Waals surface area contributed by atoms with Crippen LogP contribution in [0.1, 0.15) is 11.5 Å². The minimum Gasteiger partial charge on any atom is -0.379 e. The fourth-order valence-corrected chi connectivity index (χ4v) is 2.13. The normalized spacial score (nSPS) is 10.8. The van der Waals surface area contributed by atoms with Crippen LogP contribution in [0.2, 0.25) is 5.02 Å². The van der Waals surface area contributed by atoms with Crippen molar-refractivity contribution >= 4 is 28.2 Å². The molecule has 0 unspecified atom stereocenters. The molecular weight excluding hydrogens is 262 g/mol. The zero-order chi connectivity index (χ0) is 13.2. The third-order valence-electron chi connectivity index (χ3n) is 2.84. The van der Waals surface area contributed by atoms with Gasteiger partial charge in [0.15, 0.2) is 0 Å². The van der Waals surface area contributed by atoms with Gasteiger partial charge in [-0.15, -0.1) is 0 Å². The Morgan fingerprint density at radius 3 is 2.95 bits per heavy atom. The van der Waals surface area contributed by atoms with Crippen LogP contribution >= 0.6 is 11.6 Å². The van der Waals surface area contributed by atoms with Gasteiger partial charge in [-0.3, -0.25) is 4.98 Å². The van der Waals surface area contributed by atoms with Gasteiger partial charge in [-0.25, -0.2) is 0 Å². The van der Waals surface area contributed by atoms with Gasteiger partial charge < -0.3 is 9.84 Å². The molecule has 0 fully saturated rings. The number of nitrogens with one attached hydrogen (secondary N) is 1. The molecule has 19 heavy (non-hydrogen) atoms. The van der Waals surface area contributed by atoms with Gasteiger partial charge in [-0.1, -0.05) is 16.8 Å². The van der Waals surface area contributed by atoms with Crippen molar-refractivity contribution in [3.05, 3.63) is 53.0 Å². The van der Waals surface area contributed by atoms with Crippen LogP contribution in [0.4, 0.5) is 5.69 Å². The average Bonchev–Trinajstić information content (AvgIpc) is 2.81. The van der Waals surface area contributed by atoms with E-state index in [1.165, 1.54) is 0 Å².